The molecule has 23 heavy (non-hydrogen) atoms. The topological polar surface area (TPSA) is 57.8 Å². The lowest BCUT2D eigenvalue weighted by atomic mass is 9.84. The molecule has 4 heteroatoms. The van der Waals surface area contributed by atoms with E-state index >= 15 is 0 Å². The Bertz CT molecular complexity index is 674. The van der Waals surface area contributed by atoms with Gasteiger partial charge >= 0.3 is 0 Å². The van der Waals surface area contributed by atoms with Crippen LogP contribution >= 0.6 is 0 Å². The van der Waals surface area contributed by atoms with Crippen molar-refractivity contribution in [2.75, 3.05) is 6.54 Å². The van der Waals surface area contributed by atoms with E-state index < -0.39 is 0 Å². The molecule has 2 aliphatic carbocycles. The molecule has 0 bridgehead atoms. The summed E-state index contributed by atoms with van der Waals surface area (Å²) in [7, 11) is 0. The van der Waals surface area contributed by atoms with Crippen LogP contribution in [0, 0.1) is 5.41 Å². The molecule has 4 nitrogen and oxygen atoms in total. The van der Waals surface area contributed by atoms with Crippen LogP contribution in [0.15, 0.2) is 42.7 Å². The van der Waals surface area contributed by atoms with Crippen LogP contribution < -0.4 is 5.32 Å². The largest absolute Gasteiger partial charge is 0.355 e. The third-order valence-electron chi connectivity index (χ3n) is 5.85. The van der Waals surface area contributed by atoms with E-state index in [9.17, 15) is 4.79 Å². The maximum atomic E-state index is 13.1. The zero-order chi connectivity index (χ0) is 15.8. The summed E-state index contributed by atoms with van der Waals surface area (Å²) in [5, 5.41) is 9.95. The molecule has 1 aromatic carbocycles. The number of hydrogen-bond donors (Lipinski definition) is 2. The van der Waals surface area contributed by atoms with Crippen molar-refractivity contribution in [3.8, 4) is 0 Å². The molecule has 2 aromatic rings. The molecule has 1 spiro atoms. The summed E-state index contributed by atoms with van der Waals surface area (Å²) in [4.78, 5) is 13.1. The maximum Gasteiger partial charge on any atom is 0.231 e. The number of benzene rings is 1. The highest BCUT2D eigenvalue weighted by molar-refractivity contribution is 5.93. The number of H-pyrrole nitrogens is 1. The molecule has 0 aliphatic heterocycles. The molecule has 120 valence electrons. The van der Waals surface area contributed by atoms with Gasteiger partial charge in [0.15, 0.2) is 0 Å². The zero-order valence-corrected chi connectivity index (χ0v) is 13.3. The maximum absolute atomic E-state index is 13.1. The summed E-state index contributed by atoms with van der Waals surface area (Å²) in [6.07, 6.45) is 10.4. The van der Waals surface area contributed by atoms with E-state index in [1.807, 2.05) is 18.5 Å². The van der Waals surface area contributed by atoms with Crippen LogP contribution in [-0.2, 0) is 16.6 Å². The monoisotopic (exact) mass is 309 g/mol. The molecule has 2 saturated carbocycles. The first-order chi connectivity index (χ1) is 11.3. The lowest BCUT2D eigenvalue weighted by Gasteiger charge is -2.22. The fraction of sp³-hybridized carbons (Fsp3) is 0.474. The Labute approximate surface area is 136 Å². The van der Waals surface area contributed by atoms with Crippen LogP contribution in [0.4, 0.5) is 0 Å². The fourth-order valence-corrected chi connectivity index (χ4v) is 4.59. The highest BCUT2D eigenvalue weighted by Gasteiger charge is 2.72. The fourth-order valence-electron chi connectivity index (χ4n) is 4.59. The minimum absolute atomic E-state index is 0.216. The Hall–Kier alpha value is -2.10. The minimum atomic E-state index is -0.291. The van der Waals surface area contributed by atoms with Crippen LogP contribution in [0.25, 0.3) is 0 Å². The van der Waals surface area contributed by atoms with E-state index in [1.165, 1.54) is 31.2 Å². The second kappa shape index (κ2) is 5.52. The first-order valence-electron chi connectivity index (χ1n) is 8.58. The van der Waals surface area contributed by atoms with Gasteiger partial charge < -0.3 is 5.32 Å². The Morgan fingerprint density at radius 3 is 2.70 bits per heavy atom. The van der Waals surface area contributed by atoms with E-state index in [4.69, 9.17) is 0 Å². The molecular weight excluding hydrogens is 286 g/mol. The van der Waals surface area contributed by atoms with Gasteiger partial charge in [0.25, 0.3) is 0 Å². The van der Waals surface area contributed by atoms with Gasteiger partial charge in [-0.15, -0.1) is 0 Å². The molecule has 0 radical (unpaired) electrons. The second-order valence-corrected chi connectivity index (χ2v) is 7.05. The van der Waals surface area contributed by atoms with Gasteiger partial charge in [0, 0.05) is 12.7 Å². The van der Waals surface area contributed by atoms with Gasteiger partial charge in [-0.05, 0) is 42.2 Å². The molecule has 4 rings (SSSR count). The van der Waals surface area contributed by atoms with Crippen LogP contribution in [0.5, 0.6) is 0 Å². The van der Waals surface area contributed by atoms with E-state index in [1.54, 1.807) is 0 Å². The number of amides is 1. The number of hydrogen-bond acceptors (Lipinski definition) is 2. The van der Waals surface area contributed by atoms with E-state index in [2.05, 4.69) is 39.8 Å². The van der Waals surface area contributed by atoms with E-state index in [-0.39, 0.29) is 16.7 Å². The number of carbonyl (C=O) groups is 1. The van der Waals surface area contributed by atoms with Crippen molar-refractivity contribution in [1.82, 2.24) is 15.5 Å². The van der Waals surface area contributed by atoms with Crippen molar-refractivity contribution in [3.63, 3.8) is 0 Å². The van der Waals surface area contributed by atoms with E-state index in [0.717, 1.165) is 18.4 Å². The molecule has 1 aromatic heterocycles. The average molecular weight is 309 g/mol. The molecule has 1 amide bonds. The molecule has 1 heterocycles. The van der Waals surface area contributed by atoms with Crippen LogP contribution in [0.1, 0.15) is 43.2 Å². The molecular formula is C19H23N3O. The lowest BCUT2D eigenvalue weighted by molar-refractivity contribution is -0.124. The molecule has 2 aliphatic rings. The highest BCUT2D eigenvalue weighted by atomic mass is 16.2. The second-order valence-electron chi connectivity index (χ2n) is 7.05. The summed E-state index contributed by atoms with van der Waals surface area (Å²) < 4.78 is 0. The molecule has 2 N–H and O–H groups in total. The van der Waals surface area contributed by atoms with Gasteiger partial charge in [0.2, 0.25) is 5.91 Å². The summed E-state index contributed by atoms with van der Waals surface area (Å²) in [6, 6.07) is 10.4. The van der Waals surface area contributed by atoms with Crippen LogP contribution in [0.2, 0.25) is 0 Å². The first-order valence-corrected chi connectivity index (χ1v) is 8.58. The highest BCUT2D eigenvalue weighted by Crippen LogP contribution is 2.72. The Morgan fingerprint density at radius 2 is 2.00 bits per heavy atom. The third kappa shape index (κ3) is 2.28. The van der Waals surface area contributed by atoms with Gasteiger partial charge in [-0.25, -0.2) is 0 Å². The average Bonchev–Trinajstić information content (AvgIpc) is 2.93. The standard InChI is InChI=1S/C19H23N3O/c23-17(20-11-8-15-12-21-22-13-15)19(16-6-2-1-3-7-16)14-18(19)9-4-5-10-18/h1-3,6-7,12-13H,4-5,8-11,14H2,(H,20,23)(H,21,22). The number of carbonyl (C=O) groups excluding carboxylic acids is 1. The van der Waals surface area contributed by atoms with Crippen LogP contribution in [0.3, 0.4) is 0 Å². The van der Waals surface area contributed by atoms with Gasteiger partial charge in [0.05, 0.1) is 11.6 Å². The summed E-state index contributed by atoms with van der Waals surface area (Å²) in [5.41, 5.74) is 2.25. The van der Waals surface area contributed by atoms with E-state index in [0.29, 0.717) is 6.54 Å². The number of nitrogens with one attached hydrogen (secondary N) is 2. The first kappa shape index (κ1) is 14.5. The van der Waals surface area contributed by atoms with Gasteiger partial charge in [-0.1, -0.05) is 43.2 Å². The number of nitrogens with zero attached hydrogens (tertiary/aromatic N) is 1. The van der Waals surface area contributed by atoms with Gasteiger partial charge in [-0.2, -0.15) is 5.10 Å². The minimum Gasteiger partial charge on any atom is -0.355 e. The number of aromatic nitrogens is 2. The lowest BCUT2D eigenvalue weighted by Crippen LogP contribution is -2.39. The summed E-state index contributed by atoms with van der Waals surface area (Å²) in [6.45, 7) is 0.670. The normalized spacial score (nSPS) is 24.7. The smallest absolute Gasteiger partial charge is 0.231 e. The zero-order valence-electron chi connectivity index (χ0n) is 13.3. The summed E-state index contributed by atoms with van der Waals surface area (Å²) >= 11 is 0. The van der Waals surface area contributed by atoms with Crippen molar-refractivity contribution in [2.24, 2.45) is 5.41 Å². The van der Waals surface area contributed by atoms with Crippen molar-refractivity contribution < 1.29 is 4.79 Å². The SMILES string of the molecule is O=C(NCCc1cn[nH]c1)C1(c2ccccc2)CC12CCCC2. The number of aromatic amines is 1. The van der Waals surface area contributed by atoms with Gasteiger partial charge in [-0.3, -0.25) is 9.89 Å². The molecule has 0 saturated heterocycles. The predicted molar refractivity (Wildman–Crippen MR) is 88.9 cm³/mol. The Kier molecular flexibility index (Phi) is 3.47. The molecule has 2 fully saturated rings. The van der Waals surface area contributed by atoms with Crippen LogP contribution in [-0.4, -0.2) is 22.6 Å². The molecule has 1 unspecified atom stereocenters. The Balaban J connectivity index is 1.51. The summed E-state index contributed by atoms with van der Waals surface area (Å²) in [5.74, 6) is 0.217. The van der Waals surface area contributed by atoms with Crippen molar-refractivity contribution in [2.45, 2.75) is 43.9 Å². The van der Waals surface area contributed by atoms with Crippen molar-refractivity contribution in [3.05, 3.63) is 53.9 Å². The number of rotatable bonds is 5. The predicted octanol–water partition coefficient (Wildman–Crippen LogP) is 2.97. The van der Waals surface area contributed by atoms with Crippen molar-refractivity contribution in [1.29, 1.82) is 0 Å². The van der Waals surface area contributed by atoms with Gasteiger partial charge in [0.1, 0.15) is 0 Å². The molecule has 1 atom stereocenters. The Morgan fingerprint density at radius 1 is 1.22 bits per heavy atom. The van der Waals surface area contributed by atoms with Crippen molar-refractivity contribution >= 4 is 5.91 Å². The quantitative estimate of drug-likeness (QED) is 0.892. The third-order valence-corrected chi connectivity index (χ3v) is 5.85.